The number of hydrogen-bond donors (Lipinski definition) is 6. The third kappa shape index (κ3) is 7.32. The number of methoxy groups -OCH3 is 1. The minimum absolute atomic E-state index is 0.0168. The van der Waals surface area contributed by atoms with Gasteiger partial charge < -0.3 is 49.8 Å². The van der Waals surface area contributed by atoms with Gasteiger partial charge in [-0.3, -0.25) is 9.59 Å². The minimum Gasteiger partial charge on any atom is -0.511 e. The Balaban J connectivity index is 1.26. The molecule has 2 bridgehead atoms. The molecule has 348 valence electrons. The van der Waals surface area contributed by atoms with Crippen LogP contribution in [-0.2, 0) is 28.6 Å². The van der Waals surface area contributed by atoms with Gasteiger partial charge in [-0.25, -0.2) is 9.59 Å². The molecule has 2 aliphatic heterocycles. The van der Waals surface area contributed by atoms with Gasteiger partial charge in [0.15, 0.2) is 11.9 Å². The molecule has 7 rings (SSSR count). The monoisotopic (exact) mass is 887 g/mol. The van der Waals surface area contributed by atoms with Gasteiger partial charge in [0.25, 0.3) is 5.91 Å². The summed E-state index contributed by atoms with van der Waals surface area (Å²) in [4.78, 5) is 55.6. The van der Waals surface area contributed by atoms with E-state index in [1.165, 1.54) is 20.1 Å². The number of phenols is 1. The highest BCUT2D eigenvalue weighted by Gasteiger charge is 2.67. The van der Waals surface area contributed by atoms with Crippen molar-refractivity contribution in [1.82, 2.24) is 5.32 Å². The molecular weight excluding hydrogens is 823 g/mol. The largest absolute Gasteiger partial charge is 0.511 e. The van der Waals surface area contributed by atoms with Crippen molar-refractivity contribution in [3.63, 3.8) is 0 Å². The first kappa shape index (κ1) is 47.2. The number of nitrogens with one attached hydrogen (secondary N) is 1. The summed E-state index contributed by atoms with van der Waals surface area (Å²) >= 11 is 0. The molecule has 14 atom stereocenters. The minimum atomic E-state index is -1.97. The van der Waals surface area contributed by atoms with E-state index in [1.54, 1.807) is 39.8 Å². The van der Waals surface area contributed by atoms with E-state index in [1.807, 2.05) is 33.8 Å². The number of aromatic hydroxyl groups is 1. The number of carboxylic acids is 1. The summed E-state index contributed by atoms with van der Waals surface area (Å²) < 4.78 is 24.4. The highest BCUT2D eigenvalue weighted by molar-refractivity contribution is 6.26. The third-order valence-corrected chi connectivity index (χ3v) is 15.7. The predicted octanol–water partition coefficient (Wildman–Crippen LogP) is 6.71. The van der Waals surface area contributed by atoms with Crippen LogP contribution in [0.1, 0.15) is 110 Å². The summed E-state index contributed by atoms with van der Waals surface area (Å²) in [5.74, 6) is -5.78. The molecule has 14 heteroatoms. The first-order valence-corrected chi connectivity index (χ1v) is 22.5. The highest BCUT2D eigenvalue weighted by atomic mass is 16.7. The van der Waals surface area contributed by atoms with Gasteiger partial charge in [-0.05, 0) is 104 Å². The van der Waals surface area contributed by atoms with Crippen LogP contribution in [0.25, 0.3) is 0 Å². The van der Waals surface area contributed by atoms with E-state index in [0.717, 1.165) is 16.7 Å². The Bertz CT molecular complexity index is 2280. The van der Waals surface area contributed by atoms with Crippen molar-refractivity contribution < 1.29 is 63.7 Å². The number of allylic oxidation sites excluding steroid dienone is 5. The molecule has 1 aromatic carbocycles. The van der Waals surface area contributed by atoms with Gasteiger partial charge in [0.2, 0.25) is 5.78 Å². The Morgan fingerprint density at radius 1 is 0.969 bits per heavy atom. The summed E-state index contributed by atoms with van der Waals surface area (Å²) in [6.07, 6.45) is 5.40. The molecule has 1 spiro atoms. The SMILES string of the molecule is COc1cc(C)c(C(=O)NC2C(C)OC(OC3CCC(C)C4C3C=C(C)C3/C(C)=C/CC/C(C)=C/C5(C)C=C(C(=O)O)C(C)CC56OC(=O)/C(=C(/O)C34C)C6=O)C(O)C2(C)O)c(O)c1. The lowest BCUT2D eigenvalue weighted by atomic mass is 9.49. The van der Waals surface area contributed by atoms with Crippen molar-refractivity contribution >= 4 is 23.6 Å². The number of carbonyl (C=O) groups is 4. The number of ketones is 1. The molecule has 0 radical (unpaired) electrons. The number of phenolic OH excluding ortho intramolecular Hbond substituents is 1. The summed E-state index contributed by atoms with van der Waals surface area (Å²) in [5.41, 5.74) is -3.52. The number of ether oxygens (including phenoxy) is 4. The summed E-state index contributed by atoms with van der Waals surface area (Å²) in [6.45, 7) is 18.0. The number of aryl methyl sites for hydroxylation is 1. The lowest BCUT2D eigenvalue weighted by Gasteiger charge is -2.57. The molecule has 6 N–H and O–H groups in total. The van der Waals surface area contributed by atoms with E-state index < -0.39 is 106 Å². The Kier molecular flexibility index (Phi) is 12.2. The third-order valence-electron chi connectivity index (χ3n) is 15.7. The first-order valence-electron chi connectivity index (χ1n) is 22.5. The fourth-order valence-corrected chi connectivity index (χ4v) is 12.7. The number of rotatable bonds is 6. The fourth-order valence-electron chi connectivity index (χ4n) is 12.7. The van der Waals surface area contributed by atoms with E-state index in [0.29, 0.717) is 37.0 Å². The second kappa shape index (κ2) is 16.6. The van der Waals surface area contributed by atoms with Crippen LogP contribution in [0.15, 0.2) is 70.1 Å². The van der Waals surface area contributed by atoms with Gasteiger partial charge in [0, 0.05) is 35.3 Å². The Morgan fingerprint density at radius 2 is 1.66 bits per heavy atom. The zero-order chi connectivity index (χ0) is 47.2. The van der Waals surface area contributed by atoms with Gasteiger partial charge in [-0.1, -0.05) is 61.8 Å². The molecule has 0 aromatic heterocycles. The van der Waals surface area contributed by atoms with E-state index in [4.69, 9.17) is 18.9 Å². The van der Waals surface area contributed by atoms with Crippen molar-refractivity contribution in [2.75, 3.05) is 7.11 Å². The summed E-state index contributed by atoms with van der Waals surface area (Å²) in [5, 5.41) is 60.3. The molecule has 3 fully saturated rings. The normalized spacial score (nSPS) is 42.8. The standard InChI is InChI=1S/C50H65NO13/c1-23-13-12-14-24(2)37-27(5)18-31-34(63-46-42(55)49(10,60)39(29(7)62-46)51-43(56)35-26(4)17-30(61-11)19-33(35)52)16-15-25(3)38(31)48(37,9)40(53)36-41(54)50(64-45(36)59)21-28(6)32(44(57)58)22-47(50,8)20-23/h14,17-20,22,25,28-29,31,34,37-39,42,46,52-53,55,60H,12-13,15-16,21H2,1-11H3,(H,51,56)(H,57,58)/b23-20+,24-14+,40-36+. The lowest BCUT2D eigenvalue weighted by Crippen LogP contribution is -2.70. The van der Waals surface area contributed by atoms with Crippen LogP contribution in [0.5, 0.6) is 11.5 Å². The number of benzene rings is 1. The molecule has 2 saturated heterocycles. The predicted molar refractivity (Wildman–Crippen MR) is 235 cm³/mol. The molecule has 14 unspecified atom stereocenters. The molecule has 14 nitrogen and oxygen atoms in total. The average Bonchev–Trinajstić information content (AvgIpc) is 3.45. The maximum absolute atomic E-state index is 15.2. The number of aliphatic carboxylic acids is 1. The number of aliphatic hydroxyl groups excluding tert-OH is 2. The maximum atomic E-state index is 15.2. The zero-order valence-electron chi connectivity index (χ0n) is 38.8. The Labute approximate surface area is 375 Å². The van der Waals surface area contributed by atoms with Crippen molar-refractivity contribution in [2.24, 2.45) is 40.4 Å². The van der Waals surface area contributed by atoms with Crippen LogP contribution in [0.4, 0.5) is 0 Å². The second-order valence-corrected chi connectivity index (χ2v) is 20.2. The quantitative estimate of drug-likeness (QED) is 0.0995. The number of aliphatic hydroxyl groups is 3. The smallest absolute Gasteiger partial charge is 0.346 e. The molecular formula is C50H65NO13. The van der Waals surface area contributed by atoms with Crippen molar-refractivity contribution in [2.45, 2.75) is 143 Å². The Hall–Kier alpha value is -4.76. The van der Waals surface area contributed by atoms with E-state index in [2.05, 4.69) is 24.4 Å². The molecule has 1 aromatic rings. The average molecular weight is 888 g/mol. The number of esters is 1. The first-order chi connectivity index (χ1) is 29.8. The number of carbonyl (C=O) groups excluding carboxylic acids is 3. The molecule has 1 amide bonds. The van der Waals surface area contributed by atoms with Crippen molar-refractivity contribution in [1.29, 1.82) is 0 Å². The molecule has 2 heterocycles. The molecule has 1 saturated carbocycles. The van der Waals surface area contributed by atoms with E-state index >= 15 is 4.79 Å². The van der Waals surface area contributed by atoms with Crippen LogP contribution < -0.4 is 10.1 Å². The van der Waals surface area contributed by atoms with Crippen LogP contribution in [0.3, 0.4) is 0 Å². The van der Waals surface area contributed by atoms with Gasteiger partial charge in [0.05, 0.1) is 36.3 Å². The lowest BCUT2D eigenvalue weighted by molar-refractivity contribution is -0.315. The van der Waals surface area contributed by atoms with Crippen LogP contribution in [0, 0.1) is 47.3 Å². The zero-order valence-corrected chi connectivity index (χ0v) is 38.8. The number of amides is 1. The van der Waals surface area contributed by atoms with Crippen molar-refractivity contribution in [3.05, 3.63) is 81.2 Å². The maximum Gasteiger partial charge on any atom is 0.346 e. The van der Waals surface area contributed by atoms with Crippen LogP contribution in [-0.4, -0.2) is 98.1 Å². The van der Waals surface area contributed by atoms with Gasteiger partial charge in [0.1, 0.15) is 34.5 Å². The topological polar surface area (TPSA) is 218 Å². The van der Waals surface area contributed by atoms with Crippen molar-refractivity contribution in [3.8, 4) is 11.5 Å². The number of fused-ring (bicyclic) bond motifs is 4. The van der Waals surface area contributed by atoms with Gasteiger partial charge >= 0.3 is 11.9 Å². The molecule has 4 aliphatic carbocycles. The fraction of sp³-hybridized carbons (Fsp3) is 0.600. The van der Waals surface area contributed by atoms with E-state index in [9.17, 15) is 39.9 Å². The van der Waals surface area contributed by atoms with Gasteiger partial charge in [-0.15, -0.1) is 0 Å². The number of Topliss-reactive ketones (excluding diaryl/α,β-unsaturated/α-hetero) is 1. The molecule has 6 aliphatic rings. The van der Waals surface area contributed by atoms with E-state index in [-0.39, 0.29) is 35.0 Å². The number of carboxylic acid groups (broad SMARTS) is 1. The second-order valence-electron chi connectivity index (χ2n) is 20.2. The summed E-state index contributed by atoms with van der Waals surface area (Å²) in [6, 6.07) is 1.78. The molecule has 64 heavy (non-hydrogen) atoms. The number of hydrogen-bond acceptors (Lipinski definition) is 12. The van der Waals surface area contributed by atoms with Crippen LogP contribution in [0.2, 0.25) is 0 Å². The highest BCUT2D eigenvalue weighted by Crippen LogP contribution is 2.62. The Morgan fingerprint density at radius 3 is 2.30 bits per heavy atom. The van der Waals surface area contributed by atoms with Crippen LogP contribution >= 0.6 is 0 Å². The van der Waals surface area contributed by atoms with Gasteiger partial charge in [-0.2, -0.15) is 0 Å². The summed E-state index contributed by atoms with van der Waals surface area (Å²) in [7, 11) is 1.44.